The monoisotopic (exact) mass is 224 g/mol. The van der Waals surface area contributed by atoms with Crippen LogP contribution in [0.1, 0.15) is 23.2 Å². The quantitative estimate of drug-likeness (QED) is 0.722. The van der Waals surface area contributed by atoms with Crippen LogP contribution in [0, 0.1) is 11.6 Å². The van der Waals surface area contributed by atoms with Crippen LogP contribution in [0.4, 0.5) is 8.78 Å². The number of Topliss-reactive ketones (excluding diaryl/α,β-unsaturated/α-hetero) is 1. The zero-order valence-electron chi connectivity index (χ0n) is 8.50. The van der Waals surface area contributed by atoms with Crippen LogP contribution in [0.5, 0.6) is 0 Å². The number of rotatable bonds is 2. The van der Waals surface area contributed by atoms with E-state index in [4.69, 9.17) is 4.74 Å². The molecule has 0 aliphatic carbocycles. The number of ketones is 1. The second-order valence-electron chi connectivity index (χ2n) is 3.51. The molecule has 4 heteroatoms. The van der Waals surface area contributed by atoms with Gasteiger partial charge in [-0.15, -0.1) is 0 Å². The lowest BCUT2D eigenvalue weighted by Crippen LogP contribution is -2.12. The molecule has 0 amide bonds. The van der Waals surface area contributed by atoms with Crippen molar-refractivity contribution in [2.24, 2.45) is 0 Å². The van der Waals surface area contributed by atoms with Crippen LogP contribution in [0.3, 0.4) is 0 Å². The summed E-state index contributed by atoms with van der Waals surface area (Å²) in [5, 5.41) is 0. The number of benzene rings is 1. The highest BCUT2D eigenvalue weighted by Gasteiger charge is 2.19. The van der Waals surface area contributed by atoms with Gasteiger partial charge in [0.25, 0.3) is 0 Å². The summed E-state index contributed by atoms with van der Waals surface area (Å²) in [5.41, 5.74) is -0.158. The van der Waals surface area contributed by atoms with Gasteiger partial charge in [0.1, 0.15) is 11.6 Å². The summed E-state index contributed by atoms with van der Waals surface area (Å²) < 4.78 is 31.1. The van der Waals surface area contributed by atoms with E-state index in [-0.39, 0.29) is 11.3 Å². The number of ether oxygens (including phenoxy) is 1. The maximum absolute atomic E-state index is 13.3. The van der Waals surface area contributed by atoms with E-state index in [1.165, 1.54) is 0 Å². The van der Waals surface area contributed by atoms with Gasteiger partial charge in [0, 0.05) is 6.07 Å². The van der Waals surface area contributed by atoms with Gasteiger partial charge in [-0.3, -0.25) is 4.79 Å². The third kappa shape index (κ3) is 2.10. The van der Waals surface area contributed by atoms with E-state index in [0.717, 1.165) is 25.0 Å². The Bertz CT molecular complexity index is 452. The third-order valence-electron chi connectivity index (χ3n) is 2.34. The van der Waals surface area contributed by atoms with Gasteiger partial charge in [-0.1, -0.05) is 0 Å². The van der Waals surface area contributed by atoms with E-state index in [2.05, 4.69) is 0 Å². The first-order valence-corrected chi connectivity index (χ1v) is 5.01. The van der Waals surface area contributed by atoms with Crippen LogP contribution in [-0.2, 0) is 4.74 Å². The molecule has 0 spiro atoms. The van der Waals surface area contributed by atoms with Gasteiger partial charge >= 0.3 is 0 Å². The molecule has 1 aromatic carbocycles. The first-order chi connectivity index (χ1) is 7.68. The number of halogens is 2. The molecule has 84 valence electrons. The van der Waals surface area contributed by atoms with Crippen molar-refractivity contribution in [3.05, 3.63) is 47.2 Å². The average molecular weight is 224 g/mol. The molecule has 1 heterocycles. The second-order valence-corrected chi connectivity index (χ2v) is 3.51. The normalized spacial score (nSPS) is 15.2. The third-order valence-corrected chi connectivity index (χ3v) is 2.34. The topological polar surface area (TPSA) is 26.3 Å². The highest BCUT2D eigenvalue weighted by atomic mass is 19.1. The summed E-state index contributed by atoms with van der Waals surface area (Å²) in [5.74, 6) is -1.94. The summed E-state index contributed by atoms with van der Waals surface area (Å²) in [4.78, 5) is 11.8. The molecule has 2 rings (SSSR count). The Morgan fingerprint density at radius 1 is 1.31 bits per heavy atom. The molecule has 0 saturated heterocycles. The fourth-order valence-electron chi connectivity index (χ4n) is 1.52. The first-order valence-electron chi connectivity index (χ1n) is 5.01. The Morgan fingerprint density at radius 3 is 2.75 bits per heavy atom. The van der Waals surface area contributed by atoms with E-state index < -0.39 is 17.4 Å². The van der Waals surface area contributed by atoms with Crippen molar-refractivity contribution in [2.45, 2.75) is 12.8 Å². The SMILES string of the molecule is O=C(C1=CCCCO1)c1ccc(F)cc1F. The van der Waals surface area contributed by atoms with Gasteiger partial charge in [0.2, 0.25) is 5.78 Å². The molecular weight excluding hydrogens is 214 g/mol. The van der Waals surface area contributed by atoms with Crippen LogP contribution in [0.25, 0.3) is 0 Å². The highest BCUT2D eigenvalue weighted by Crippen LogP contribution is 2.18. The van der Waals surface area contributed by atoms with Crippen molar-refractivity contribution in [1.82, 2.24) is 0 Å². The summed E-state index contributed by atoms with van der Waals surface area (Å²) >= 11 is 0. The molecule has 1 aromatic rings. The molecule has 2 nitrogen and oxygen atoms in total. The van der Waals surface area contributed by atoms with Crippen molar-refractivity contribution in [2.75, 3.05) is 6.61 Å². The molecule has 0 aromatic heterocycles. The molecule has 0 atom stereocenters. The zero-order chi connectivity index (χ0) is 11.5. The van der Waals surface area contributed by atoms with Gasteiger partial charge in [0.05, 0.1) is 12.2 Å². The summed E-state index contributed by atoms with van der Waals surface area (Å²) in [6, 6.07) is 2.88. The number of allylic oxidation sites excluding steroid dienone is 2. The van der Waals surface area contributed by atoms with Crippen LogP contribution in [0.15, 0.2) is 30.0 Å². The molecule has 1 aliphatic heterocycles. The van der Waals surface area contributed by atoms with Gasteiger partial charge in [-0.25, -0.2) is 8.78 Å². The highest BCUT2D eigenvalue weighted by molar-refractivity contribution is 6.07. The second kappa shape index (κ2) is 4.43. The largest absolute Gasteiger partial charge is 0.490 e. The smallest absolute Gasteiger partial charge is 0.230 e. The van der Waals surface area contributed by atoms with Crippen molar-refractivity contribution in [3.63, 3.8) is 0 Å². The predicted molar refractivity (Wildman–Crippen MR) is 54.0 cm³/mol. The minimum atomic E-state index is -0.861. The van der Waals surface area contributed by atoms with E-state index >= 15 is 0 Å². The molecule has 0 unspecified atom stereocenters. The van der Waals surface area contributed by atoms with Crippen LogP contribution >= 0.6 is 0 Å². The van der Waals surface area contributed by atoms with Gasteiger partial charge < -0.3 is 4.74 Å². The summed E-state index contributed by atoms with van der Waals surface area (Å²) in [7, 11) is 0. The van der Waals surface area contributed by atoms with Crippen molar-refractivity contribution >= 4 is 5.78 Å². The minimum Gasteiger partial charge on any atom is -0.490 e. The molecule has 0 N–H and O–H groups in total. The Hall–Kier alpha value is -1.71. The Kier molecular flexibility index (Phi) is 2.99. The van der Waals surface area contributed by atoms with E-state index in [1.54, 1.807) is 6.08 Å². The number of carbonyl (C=O) groups is 1. The van der Waals surface area contributed by atoms with Gasteiger partial charge in [-0.05, 0) is 31.1 Å². The Labute approximate surface area is 91.5 Å². The minimum absolute atomic E-state index is 0.150. The van der Waals surface area contributed by atoms with Crippen molar-refractivity contribution < 1.29 is 18.3 Å². The maximum Gasteiger partial charge on any atom is 0.230 e. The molecular formula is C12H10F2O2. The van der Waals surface area contributed by atoms with E-state index in [0.29, 0.717) is 12.7 Å². The van der Waals surface area contributed by atoms with E-state index in [1.807, 2.05) is 0 Å². The van der Waals surface area contributed by atoms with Crippen LogP contribution < -0.4 is 0 Å². The predicted octanol–water partition coefficient (Wildman–Crippen LogP) is 2.84. The fraction of sp³-hybridized carbons (Fsp3) is 0.250. The van der Waals surface area contributed by atoms with E-state index in [9.17, 15) is 13.6 Å². The maximum atomic E-state index is 13.3. The molecule has 0 bridgehead atoms. The van der Waals surface area contributed by atoms with Crippen LogP contribution in [-0.4, -0.2) is 12.4 Å². The standard InChI is InChI=1S/C12H10F2O2/c13-8-4-5-9(10(14)7-8)12(15)11-3-1-2-6-16-11/h3-5,7H,1-2,6H2. The average Bonchev–Trinajstić information content (AvgIpc) is 2.29. The van der Waals surface area contributed by atoms with Gasteiger partial charge in [0.15, 0.2) is 5.76 Å². The molecule has 0 saturated carbocycles. The lowest BCUT2D eigenvalue weighted by atomic mass is 10.1. The van der Waals surface area contributed by atoms with Crippen molar-refractivity contribution in [1.29, 1.82) is 0 Å². The number of hydrogen-bond donors (Lipinski definition) is 0. The number of carbonyl (C=O) groups excluding carboxylic acids is 1. The molecule has 1 aliphatic rings. The molecule has 16 heavy (non-hydrogen) atoms. The summed E-state index contributed by atoms with van der Waals surface area (Å²) in [6.45, 7) is 0.459. The zero-order valence-corrected chi connectivity index (χ0v) is 8.50. The lowest BCUT2D eigenvalue weighted by Gasteiger charge is -2.13. The Balaban J connectivity index is 2.30. The molecule has 0 radical (unpaired) electrons. The van der Waals surface area contributed by atoms with Crippen LogP contribution in [0.2, 0.25) is 0 Å². The first kappa shape index (κ1) is 10.8. The lowest BCUT2D eigenvalue weighted by molar-refractivity contribution is 0.0895. The number of hydrogen-bond acceptors (Lipinski definition) is 2. The Morgan fingerprint density at radius 2 is 2.12 bits per heavy atom. The summed E-state index contributed by atoms with van der Waals surface area (Å²) in [6.07, 6.45) is 3.22. The molecule has 0 fully saturated rings. The van der Waals surface area contributed by atoms with Crippen molar-refractivity contribution in [3.8, 4) is 0 Å². The van der Waals surface area contributed by atoms with Gasteiger partial charge in [-0.2, -0.15) is 0 Å². The fourth-order valence-corrected chi connectivity index (χ4v) is 1.52.